The third kappa shape index (κ3) is 3.72. The molecular formula is C14H18N6O2. The second-order valence-electron chi connectivity index (χ2n) is 5.21. The molecule has 0 unspecified atom stereocenters. The average molecular weight is 302 g/mol. The van der Waals surface area contributed by atoms with Gasteiger partial charge in [-0.15, -0.1) is 0 Å². The molecule has 0 aromatic carbocycles. The molecule has 0 radical (unpaired) electrons. The van der Waals surface area contributed by atoms with E-state index in [1.54, 1.807) is 24.5 Å². The fraction of sp³-hybridized carbons (Fsp3) is 0.429. The van der Waals surface area contributed by atoms with Crippen LogP contribution < -0.4 is 16.2 Å². The molecule has 2 aromatic rings. The van der Waals surface area contributed by atoms with Crippen LogP contribution in [0.15, 0.2) is 28.9 Å². The number of hydrogen-bond acceptors (Lipinski definition) is 7. The molecule has 0 atom stereocenters. The van der Waals surface area contributed by atoms with E-state index >= 15 is 0 Å². The predicted octanol–water partition coefficient (Wildman–Crippen LogP) is 1.97. The second kappa shape index (κ2) is 6.88. The maximum absolute atomic E-state index is 11.8. The molecule has 8 nitrogen and oxygen atoms in total. The lowest BCUT2D eigenvalue weighted by Gasteiger charge is -2.21. The minimum Gasteiger partial charge on any atom is -0.388 e. The van der Waals surface area contributed by atoms with Crippen molar-refractivity contribution in [2.24, 2.45) is 0 Å². The van der Waals surface area contributed by atoms with Crippen molar-refractivity contribution in [1.82, 2.24) is 20.6 Å². The molecule has 1 aliphatic rings. The zero-order valence-electron chi connectivity index (χ0n) is 12.1. The Morgan fingerprint density at radius 3 is 2.59 bits per heavy atom. The van der Waals surface area contributed by atoms with Gasteiger partial charge in [0.15, 0.2) is 0 Å². The van der Waals surface area contributed by atoms with E-state index in [0.29, 0.717) is 17.6 Å². The lowest BCUT2D eigenvalue weighted by Crippen LogP contribution is -2.29. The van der Waals surface area contributed by atoms with Crippen LogP contribution in [0.3, 0.4) is 0 Å². The number of carbonyl (C=O) groups excluding carboxylic acids is 1. The van der Waals surface area contributed by atoms with Crippen molar-refractivity contribution in [3.63, 3.8) is 0 Å². The fourth-order valence-corrected chi connectivity index (χ4v) is 2.44. The van der Waals surface area contributed by atoms with Gasteiger partial charge >= 0.3 is 12.0 Å². The number of aromatic nitrogens is 3. The molecule has 1 amide bonds. The number of anilines is 2. The first-order chi connectivity index (χ1) is 10.8. The summed E-state index contributed by atoms with van der Waals surface area (Å²) < 4.78 is 5.40. The monoisotopic (exact) mass is 302 g/mol. The van der Waals surface area contributed by atoms with Crippen LogP contribution in [-0.2, 0) is 0 Å². The molecular weight excluding hydrogens is 284 g/mol. The third-order valence-corrected chi connectivity index (χ3v) is 3.58. The number of nitrogens with zero attached hydrogens (tertiary/aromatic N) is 3. The van der Waals surface area contributed by atoms with E-state index < -0.39 is 0 Å². The number of nitrogens with one attached hydrogen (secondary N) is 3. The number of hydrogen-bond donors (Lipinski definition) is 3. The highest BCUT2D eigenvalue weighted by molar-refractivity contribution is 5.94. The molecule has 1 saturated carbocycles. The van der Waals surface area contributed by atoms with Crippen molar-refractivity contribution in [3.8, 4) is 0 Å². The zero-order valence-corrected chi connectivity index (χ0v) is 12.1. The maximum atomic E-state index is 11.8. The minimum atomic E-state index is -0.303. The Bertz CT molecular complexity index is 609. The molecule has 0 spiro atoms. The van der Waals surface area contributed by atoms with Crippen LogP contribution in [0.1, 0.15) is 42.5 Å². The number of carbonyl (C=O) groups is 1. The van der Waals surface area contributed by atoms with Crippen LogP contribution in [0.5, 0.6) is 0 Å². The Hall–Kier alpha value is -2.64. The van der Waals surface area contributed by atoms with Crippen molar-refractivity contribution in [3.05, 3.63) is 30.1 Å². The Labute approximate surface area is 127 Å². The van der Waals surface area contributed by atoms with Gasteiger partial charge in [-0.3, -0.25) is 15.2 Å². The highest BCUT2D eigenvalue weighted by Gasteiger charge is 2.16. The van der Waals surface area contributed by atoms with Gasteiger partial charge in [0.25, 0.3) is 5.91 Å². The Morgan fingerprint density at radius 2 is 1.82 bits per heavy atom. The van der Waals surface area contributed by atoms with Crippen LogP contribution >= 0.6 is 0 Å². The lowest BCUT2D eigenvalue weighted by atomic mass is 9.96. The summed E-state index contributed by atoms with van der Waals surface area (Å²) >= 11 is 0. The first-order valence-electron chi connectivity index (χ1n) is 7.38. The number of amides is 1. The van der Waals surface area contributed by atoms with E-state index in [1.807, 2.05) is 0 Å². The molecule has 3 rings (SSSR count). The van der Waals surface area contributed by atoms with Gasteiger partial charge in [-0.1, -0.05) is 29.5 Å². The molecule has 8 heteroatoms. The second-order valence-corrected chi connectivity index (χ2v) is 5.21. The summed E-state index contributed by atoms with van der Waals surface area (Å²) in [6, 6.07) is 4.11. The van der Waals surface area contributed by atoms with E-state index in [9.17, 15) is 4.79 Å². The van der Waals surface area contributed by atoms with Gasteiger partial charge < -0.3 is 9.73 Å². The van der Waals surface area contributed by atoms with Gasteiger partial charge in [-0.2, -0.15) is 0 Å². The topological polar surface area (TPSA) is 105 Å². The summed E-state index contributed by atoms with van der Waals surface area (Å²) in [4.78, 5) is 15.7. The summed E-state index contributed by atoms with van der Waals surface area (Å²) in [5, 5.41) is 11.0. The van der Waals surface area contributed by atoms with Crippen LogP contribution in [0.2, 0.25) is 0 Å². The molecule has 0 bridgehead atoms. The van der Waals surface area contributed by atoms with Gasteiger partial charge in [0.05, 0.1) is 0 Å². The van der Waals surface area contributed by atoms with Crippen LogP contribution in [-0.4, -0.2) is 27.1 Å². The normalized spacial score (nSPS) is 15.3. The minimum absolute atomic E-state index is 0.140. The Kier molecular flexibility index (Phi) is 4.47. The number of hydrazine groups is 1. The SMILES string of the molecule is O=C(NNc1nnc(NC2CCCCC2)o1)c1ccncc1. The summed E-state index contributed by atoms with van der Waals surface area (Å²) in [5.41, 5.74) is 5.58. The summed E-state index contributed by atoms with van der Waals surface area (Å²) in [6.07, 6.45) is 9.06. The van der Waals surface area contributed by atoms with Crippen molar-refractivity contribution in [2.75, 3.05) is 10.7 Å². The molecule has 0 aliphatic heterocycles. The van der Waals surface area contributed by atoms with E-state index in [0.717, 1.165) is 12.8 Å². The number of pyridine rings is 1. The fourth-order valence-electron chi connectivity index (χ4n) is 2.44. The van der Waals surface area contributed by atoms with Gasteiger partial charge in [0.1, 0.15) is 0 Å². The molecule has 1 fully saturated rings. The van der Waals surface area contributed by atoms with Crippen molar-refractivity contribution < 1.29 is 9.21 Å². The highest BCUT2D eigenvalue weighted by Crippen LogP contribution is 2.21. The zero-order chi connectivity index (χ0) is 15.2. The quantitative estimate of drug-likeness (QED) is 0.725. The van der Waals surface area contributed by atoms with Gasteiger partial charge in [0.2, 0.25) is 0 Å². The summed E-state index contributed by atoms with van der Waals surface area (Å²) in [5.74, 6) is -0.303. The highest BCUT2D eigenvalue weighted by atomic mass is 16.4. The lowest BCUT2D eigenvalue weighted by molar-refractivity contribution is 0.0961. The standard InChI is InChI=1S/C14H18N6O2/c21-12(10-6-8-15-9-7-10)17-19-14-20-18-13(22-14)16-11-4-2-1-3-5-11/h6-9,11H,1-5H2,(H,16,18)(H,17,21)(H,19,20). The van der Waals surface area contributed by atoms with E-state index in [2.05, 4.69) is 31.3 Å². The molecule has 1 aliphatic carbocycles. The average Bonchev–Trinajstić information content (AvgIpc) is 3.02. The molecule has 0 saturated heterocycles. The van der Waals surface area contributed by atoms with E-state index in [-0.39, 0.29) is 11.9 Å². The molecule has 2 aromatic heterocycles. The summed E-state index contributed by atoms with van der Waals surface area (Å²) in [7, 11) is 0. The largest absolute Gasteiger partial charge is 0.388 e. The first kappa shape index (κ1) is 14.3. The third-order valence-electron chi connectivity index (χ3n) is 3.58. The molecule has 3 N–H and O–H groups in total. The molecule has 2 heterocycles. The van der Waals surface area contributed by atoms with Crippen molar-refractivity contribution in [1.29, 1.82) is 0 Å². The van der Waals surface area contributed by atoms with Crippen molar-refractivity contribution in [2.45, 2.75) is 38.1 Å². The predicted molar refractivity (Wildman–Crippen MR) is 80.1 cm³/mol. The summed E-state index contributed by atoms with van der Waals surface area (Å²) in [6.45, 7) is 0. The number of rotatable bonds is 5. The van der Waals surface area contributed by atoms with Gasteiger partial charge in [-0.05, 0) is 25.0 Å². The van der Waals surface area contributed by atoms with Gasteiger partial charge in [0, 0.05) is 24.0 Å². The van der Waals surface area contributed by atoms with Gasteiger partial charge in [-0.25, -0.2) is 5.43 Å². The molecule has 22 heavy (non-hydrogen) atoms. The van der Waals surface area contributed by atoms with Crippen molar-refractivity contribution >= 4 is 17.9 Å². The first-order valence-corrected chi connectivity index (χ1v) is 7.38. The maximum Gasteiger partial charge on any atom is 0.336 e. The Balaban J connectivity index is 1.50. The van der Waals surface area contributed by atoms with Crippen LogP contribution in [0, 0.1) is 0 Å². The van der Waals surface area contributed by atoms with Crippen LogP contribution in [0.25, 0.3) is 0 Å². The van der Waals surface area contributed by atoms with E-state index in [1.165, 1.54) is 19.3 Å². The van der Waals surface area contributed by atoms with E-state index in [4.69, 9.17) is 4.42 Å². The smallest absolute Gasteiger partial charge is 0.336 e. The Morgan fingerprint density at radius 1 is 1.09 bits per heavy atom. The van der Waals surface area contributed by atoms with Crippen LogP contribution in [0.4, 0.5) is 12.0 Å². The molecule has 116 valence electrons.